The van der Waals surface area contributed by atoms with E-state index in [0.29, 0.717) is 0 Å². The molecule has 18 heavy (non-hydrogen) atoms. The fraction of sp³-hybridized carbons (Fsp3) is 0.833. The first-order chi connectivity index (χ1) is 8.81. The van der Waals surface area contributed by atoms with Gasteiger partial charge in [0.25, 0.3) is 0 Å². The smallest absolute Gasteiger partial charge is 0.0964 e. The Kier molecular flexibility index (Phi) is 5.10. The van der Waals surface area contributed by atoms with E-state index in [4.69, 9.17) is 4.74 Å². The minimum Gasteiger partial charge on any atom is -0.374 e. The van der Waals surface area contributed by atoms with E-state index in [1.807, 2.05) is 10.9 Å². The molecule has 1 aliphatic rings. The topological polar surface area (TPSA) is 55.2 Å². The third-order valence-electron chi connectivity index (χ3n) is 3.20. The second kappa shape index (κ2) is 6.82. The third kappa shape index (κ3) is 3.76. The quantitative estimate of drug-likeness (QED) is 0.780. The number of rotatable bonds is 6. The third-order valence-corrected chi connectivity index (χ3v) is 3.20. The number of likely N-dealkylation sites (N-methyl/N-ethyl adjacent to an activating group) is 1. The Morgan fingerprint density at radius 2 is 2.39 bits per heavy atom. The molecule has 1 saturated heterocycles. The van der Waals surface area contributed by atoms with E-state index in [-0.39, 0.29) is 6.10 Å². The molecular formula is C12H23N5O. The summed E-state index contributed by atoms with van der Waals surface area (Å²) in [5.41, 5.74) is 0.986. The van der Waals surface area contributed by atoms with Crippen molar-refractivity contribution in [2.45, 2.75) is 33.0 Å². The van der Waals surface area contributed by atoms with Gasteiger partial charge in [-0.3, -0.25) is 4.90 Å². The van der Waals surface area contributed by atoms with Crippen LogP contribution in [0.1, 0.15) is 19.5 Å². The highest BCUT2D eigenvalue weighted by molar-refractivity contribution is 4.91. The fourth-order valence-corrected chi connectivity index (χ4v) is 2.15. The lowest BCUT2D eigenvalue weighted by atomic mass is 10.2. The van der Waals surface area contributed by atoms with Crippen LogP contribution in [0, 0.1) is 0 Å². The molecular weight excluding hydrogens is 230 g/mol. The van der Waals surface area contributed by atoms with E-state index in [1.165, 1.54) is 0 Å². The van der Waals surface area contributed by atoms with Crippen molar-refractivity contribution in [2.75, 3.05) is 32.8 Å². The van der Waals surface area contributed by atoms with Gasteiger partial charge in [-0.2, -0.15) is 0 Å². The maximum absolute atomic E-state index is 5.76. The van der Waals surface area contributed by atoms with Crippen molar-refractivity contribution in [3.8, 4) is 0 Å². The fourth-order valence-electron chi connectivity index (χ4n) is 2.15. The lowest BCUT2D eigenvalue weighted by Gasteiger charge is -2.31. The van der Waals surface area contributed by atoms with Crippen LogP contribution >= 0.6 is 0 Å². The molecule has 1 unspecified atom stereocenters. The van der Waals surface area contributed by atoms with Crippen molar-refractivity contribution >= 4 is 0 Å². The Labute approximate surface area is 108 Å². The largest absolute Gasteiger partial charge is 0.374 e. The van der Waals surface area contributed by atoms with Crippen LogP contribution in [0.2, 0.25) is 0 Å². The van der Waals surface area contributed by atoms with E-state index in [2.05, 4.69) is 34.4 Å². The van der Waals surface area contributed by atoms with Gasteiger partial charge in [0.05, 0.1) is 24.9 Å². The van der Waals surface area contributed by atoms with Gasteiger partial charge >= 0.3 is 0 Å². The van der Waals surface area contributed by atoms with E-state index >= 15 is 0 Å². The first-order valence-corrected chi connectivity index (χ1v) is 6.75. The molecule has 1 aromatic rings. The molecule has 1 N–H and O–H groups in total. The van der Waals surface area contributed by atoms with Gasteiger partial charge in [-0.1, -0.05) is 19.1 Å². The van der Waals surface area contributed by atoms with Crippen molar-refractivity contribution in [1.29, 1.82) is 0 Å². The molecule has 2 heterocycles. The molecule has 1 fully saturated rings. The molecule has 1 aliphatic heterocycles. The van der Waals surface area contributed by atoms with Crippen molar-refractivity contribution in [2.24, 2.45) is 0 Å². The summed E-state index contributed by atoms with van der Waals surface area (Å²) >= 11 is 0. The number of nitrogens with one attached hydrogen (secondary N) is 1. The number of hydrogen-bond donors (Lipinski definition) is 1. The van der Waals surface area contributed by atoms with Crippen LogP contribution in [0.4, 0.5) is 0 Å². The average molecular weight is 253 g/mol. The van der Waals surface area contributed by atoms with Gasteiger partial charge in [0.1, 0.15) is 0 Å². The first-order valence-electron chi connectivity index (χ1n) is 6.75. The molecule has 0 spiro atoms. The van der Waals surface area contributed by atoms with Crippen molar-refractivity contribution in [3.05, 3.63) is 11.9 Å². The SMILES string of the molecule is CCNCc1cn(CC2CN(CC)CCO2)nn1. The van der Waals surface area contributed by atoms with Crippen molar-refractivity contribution < 1.29 is 4.74 Å². The van der Waals surface area contributed by atoms with E-state index in [9.17, 15) is 0 Å². The number of nitrogens with zero attached hydrogens (tertiary/aromatic N) is 4. The van der Waals surface area contributed by atoms with Gasteiger partial charge < -0.3 is 10.1 Å². The summed E-state index contributed by atoms with van der Waals surface area (Å²) in [7, 11) is 0. The second-order valence-corrected chi connectivity index (χ2v) is 4.60. The monoisotopic (exact) mass is 253 g/mol. The highest BCUT2D eigenvalue weighted by Gasteiger charge is 2.20. The molecule has 0 aromatic carbocycles. The summed E-state index contributed by atoms with van der Waals surface area (Å²) in [5.74, 6) is 0. The highest BCUT2D eigenvalue weighted by Crippen LogP contribution is 2.07. The molecule has 2 rings (SSSR count). The van der Waals surface area contributed by atoms with Crippen LogP contribution in [0.15, 0.2) is 6.20 Å². The molecule has 0 radical (unpaired) electrons. The zero-order chi connectivity index (χ0) is 12.8. The van der Waals surface area contributed by atoms with E-state index in [0.717, 1.165) is 51.6 Å². The van der Waals surface area contributed by atoms with E-state index in [1.54, 1.807) is 0 Å². The summed E-state index contributed by atoms with van der Waals surface area (Å²) in [4.78, 5) is 2.41. The van der Waals surface area contributed by atoms with Gasteiger partial charge in [0, 0.05) is 25.8 Å². The van der Waals surface area contributed by atoms with Gasteiger partial charge in [-0.05, 0) is 13.1 Å². The van der Waals surface area contributed by atoms with Crippen molar-refractivity contribution in [3.63, 3.8) is 0 Å². The highest BCUT2D eigenvalue weighted by atomic mass is 16.5. The molecule has 6 heteroatoms. The molecule has 0 saturated carbocycles. The maximum Gasteiger partial charge on any atom is 0.0964 e. The minimum atomic E-state index is 0.229. The summed E-state index contributed by atoms with van der Waals surface area (Å²) in [5, 5.41) is 11.5. The number of aromatic nitrogens is 3. The molecule has 1 aromatic heterocycles. The van der Waals surface area contributed by atoms with Crippen LogP contribution in [0.3, 0.4) is 0 Å². The van der Waals surface area contributed by atoms with Gasteiger partial charge in [0.2, 0.25) is 0 Å². The first kappa shape index (κ1) is 13.5. The van der Waals surface area contributed by atoms with Gasteiger partial charge in [-0.15, -0.1) is 5.10 Å². The summed E-state index contributed by atoms with van der Waals surface area (Å²) in [6.07, 6.45) is 2.23. The van der Waals surface area contributed by atoms with Crippen LogP contribution < -0.4 is 5.32 Å². The molecule has 0 amide bonds. The molecule has 1 atom stereocenters. The zero-order valence-electron chi connectivity index (χ0n) is 11.3. The van der Waals surface area contributed by atoms with Crippen molar-refractivity contribution in [1.82, 2.24) is 25.2 Å². The number of morpholine rings is 1. The predicted octanol–water partition coefficient (Wildman–Crippen LogP) is 0.108. The van der Waals surface area contributed by atoms with Gasteiger partial charge in [-0.25, -0.2) is 4.68 Å². The second-order valence-electron chi connectivity index (χ2n) is 4.60. The standard InChI is InChI=1S/C12H23N5O/c1-3-13-7-11-8-17(15-14-11)10-12-9-16(4-2)5-6-18-12/h8,12-13H,3-7,9-10H2,1-2H3. The number of ether oxygens (including phenoxy) is 1. The van der Waals surface area contributed by atoms with Crippen LogP contribution in [0.25, 0.3) is 0 Å². The zero-order valence-corrected chi connectivity index (χ0v) is 11.3. The molecule has 0 aliphatic carbocycles. The predicted molar refractivity (Wildman–Crippen MR) is 69.3 cm³/mol. The molecule has 6 nitrogen and oxygen atoms in total. The Morgan fingerprint density at radius 1 is 1.50 bits per heavy atom. The lowest BCUT2D eigenvalue weighted by molar-refractivity contribution is -0.0360. The van der Waals surface area contributed by atoms with Crippen LogP contribution in [-0.4, -0.2) is 58.8 Å². The Bertz CT molecular complexity index is 354. The van der Waals surface area contributed by atoms with Crippen LogP contribution in [0.5, 0.6) is 0 Å². The average Bonchev–Trinajstić information content (AvgIpc) is 2.84. The summed E-state index contributed by atoms with van der Waals surface area (Å²) in [6.45, 7) is 10.7. The Hall–Kier alpha value is -0.980. The summed E-state index contributed by atoms with van der Waals surface area (Å²) < 4.78 is 7.64. The normalized spacial score (nSPS) is 21.3. The molecule has 102 valence electrons. The minimum absolute atomic E-state index is 0.229. The van der Waals surface area contributed by atoms with E-state index < -0.39 is 0 Å². The molecule has 0 bridgehead atoms. The lowest BCUT2D eigenvalue weighted by Crippen LogP contribution is -2.44. The number of hydrogen-bond acceptors (Lipinski definition) is 5. The Morgan fingerprint density at radius 3 is 3.17 bits per heavy atom. The Balaban J connectivity index is 1.83. The van der Waals surface area contributed by atoms with Gasteiger partial charge in [0.15, 0.2) is 0 Å². The van der Waals surface area contributed by atoms with Crippen LogP contribution in [-0.2, 0) is 17.8 Å². The maximum atomic E-state index is 5.76. The summed E-state index contributed by atoms with van der Waals surface area (Å²) in [6, 6.07) is 0.